The zero-order valence-electron chi connectivity index (χ0n) is 84.0. The molecular weight excluding hydrogens is 1270 g/mol. The van der Waals surface area contributed by atoms with Crippen LogP contribution in [0, 0.1) is 195 Å². The van der Waals surface area contributed by atoms with E-state index in [9.17, 15) is 0 Å². The second-order valence-electron chi connectivity index (χ2n) is 44.6. The van der Waals surface area contributed by atoms with E-state index in [4.69, 9.17) is 15.1 Å². The van der Waals surface area contributed by atoms with Gasteiger partial charge in [-0.25, -0.2) is 0 Å². The third-order valence-electron chi connectivity index (χ3n) is 35.3. The average molecular weight is 1480 g/mol. The molecule has 0 N–H and O–H groups in total. The maximum Gasteiger partial charge on any atom is 0.0306 e. The van der Waals surface area contributed by atoms with Crippen LogP contribution in [0.4, 0.5) is 0 Å². The Morgan fingerprint density at radius 1 is 0.132 bits per heavy atom. The van der Waals surface area contributed by atoms with Crippen LogP contribution in [0.1, 0.15) is 489 Å². The minimum absolute atomic E-state index is 0.0231. The monoisotopic (exact) mass is 1470 g/mol. The van der Waals surface area contributed by atoms with Crippen LogP contribution in [0.2, 0.25) is 0 Å². The summed E-state index contributed by atoms with van der Waals surface area (Å²) >= 11 is 0. The molecule has 15 atom stereocenters. The van der Waals surface area contributed by atoms with E-state index in [0.717, 1.165) is 149 Å². The van der Waals surface area contributed by atoms with Crippen molar-refractivity contribution in [2.75, 3.05) is 0 Å². The standard InChI is InChI=1S/C13H24.2C12H22.2C11H20.2C9H16.2C8H14.C7H12.C6H10/c1-11-8-9-12-4-2-6-13(10-11)7-3-5-12;1-10-8-11-4-2-5-12(9-10)7-3-6-11;1-10-5-6-11-3-2-4-12(9-10)8-7-11;1-9-2-3-10-4-6-11(8-9)7-5-10;1-9-7-10-3-2-4-11(8-9)6-5-10;1-7-6-8-2-4-9(7)5-3-8;1-7-5-8-3-2-4-9(7)6-8;1-6-2-7-4-8(3-6)5-7;1-6-4-7-2-3-8(6)5-7;1-5-2-6-3-7(5)4-6;1-4-5-2-6(4)3-5/h11-13H,2-10H2,1H3;2*10-12H,2-9H2,1H3;2*9-11H,2-8H2,1H3;2*7-9H,2-6H2,1H3;2*6-8H,2-5H2,1H3;5-7H,2-4H2,1H3;4-6H,2-3H2,1H3/t11-,12?,13?;;10-,11?,12?;9-,10?,11?;;2*7-,8?,9?;;6-,7?,8?;5-,6?,7?;/m1.11.11.11./s1/i11D;2*10D;2*9D;2*7D;2*6D;5D;4D. The molecule has 0 aromatic rings. The Morgan fingerprint density at radius 3 is 0.613 bits per heavy atom. The second-order valence-corrected chi connectivity index (χ2v) is 44.6. The first kappa shape index (κ1) is 71.3. The number of hydrogen-bond donors (Lipinski definition) is 0. The van der Waals surface area contributed by atoms with Crippen LogP contribution >= 0.6 is 0 Å². The lowest BCUT2D eigenvalue weighted by Gasteiger charge is -2.56. The first-order valence-corrected chi connectivity index (χ1v) is 49.4. The summed E-state index contributed by atoms with van der Waals surface area (Å²) < 4.78 is 88.0. The third kappa shape index (κ3) is 27.6. The molecule has 0 amide bonds. The van der Waals surface area contributed by atoms with Crippen molar-refractivity contribution in [3.63, 3.8) is 0 Å². The third-order valence-corrected chi connectivity index (χ3v) is 35.3. The summed E-state index contributed by atoms with van der Waals surface area (Å²) in [5, 5.41) is 0. The van der Waals surface area contributed by atoms with E-state index in [1.807, 2.05) is 0 Å². The molecule has 29 fully saturated rings. The van der Waals surface area contributed by atoms with E-state index < -0.39 is 0 Å². The van der Waals surface area contributed by atoms with Gasteiger partial charge in [0.25, 0.3) is 0 Å². The fraction of sp³-hybridized carbons (Fsp3) is 1.00. The molecule has 106 heavy (non-hydrogen) atoms. The molecule has 0 saturated heterocycles. The lowest BCUT2D eigenvalue weighted by Crippen LogP contribution is -2.48. The summed E-state index contributed by atoms with van der Waals surface area (Å²) in [5.41, 5.74) is 0. The highest BCUT2D eigenvalue weighted by atomic mass is 14.5. The van der Waals surface area contributed by atoms with Crippen molar-refractivity contribution in [1.82, 2.24) is 0 Å². The molecule has 29 saturated carbocycles. The van der Waals surface area contributed by atoms with Crippen molar-refractivity contribution < 1.29 is 15.1 Å². The highest BCUT2D eigenvalue weighted by molar-refractivity contribution is 4.99. The lowest BCUT2D eigenvalue weighted by molar-refractivity contribution is -0.0673. The summed E-state index contributed by atoms with van der Waals surface area (Å²) in [6, 6.07) is 0. The molecule has 0 heterocycles. The minimum Gasteiger partial charge on any atom is -0.0625 e. The van der Waals surface area contributed by atoms with E-state index in [1.165, 1.54) is 379 Å². The molecular formula is C106H190. The van der Waals surface area contributed by atoms with Gasteiger partial charge in [0, 0.05) is 15.1 Å². The van der Waals surface area contributed by atoms with Gasteiger partial charge in [0.05, 0.1) is 0 Å². The molecule has 614 valence electrons. The molecule has 0 radical (unpaired) electrons. The Hall–Kier alpha value is 0. The fourth-order valence-electron chi connectivity index (χ4n) is 28.0. The average Bonchev–Trinajstić information content (AvgIpc) is 1.62. The number of fused-ring (bicyclic) bond motifs is 34. The van der Waals surface area contributed by atoms with Gasteiger partial charge < -0.3 is 0 Å². The molecule has 22 bridgehead atoms. The van der Waals surface area contributed by atoms with Crippen LogP contribution in [0.25, 0.3) is 0 Å². The molecule has 8 unspecified atom stereocenters. The van der Waals surface area contributed by atoms with Gasteiger partial charge in [-0.1, -0.05) is 320 Å². The predicted octanol–water partition coefficient (Wildman–Crippen LogP) is 33.9. The highest BCUT2D eigenvalue weighted by Gasteiger charge is 2.49. The van der Waals surface area contributed by atoms with Gasteiger partial charge >= 0.3 is 0 Å². The summed E-state index contributed by atoms with van der Waals surface area (Å²) in [6.45, 7) is 23.3. The van der Waals surface area contributed by atoms with Gasteiger partial charge in [0.15, 0.2) is 0 Å². The van der Waals surface area contributed by atoms with Gasteiger partial charge in [-0.2, -0.15) is 0 Å². The van der Waals surface area contributed by atoms with Crippen LogP contribution in [0.5, 0.6) is 0 Å². The molecule has 0 aromatic carbocycles. The Labute approximate surface area is 680 Å². The summed E-state index contributed by atoms with van der Waals surface area (Å²) in [6.07, 6.45) is 83.2. The summed E-state index contributed by atoms with van der Waals surface area (Å²) in [4.78, 5) is 0. The Bertz CT molecular complexity index is 2820. The molecule has 0 aromatic heterocycles. The molecule has 0 spiro atoms. The van der Waals surface area contributed by atoms with Crippen LogP contribution in [-0.2, 0) is 0 Å². The normalized spacial score (nSPS) is 57.1. The van der Waals surface area contributed by atoms with Crippen molar-refractivity contribution in [2.45, 2.75) is 474 Å². The van der Waals surface area contributed by atoms with Gasteiger partial charge in [-0.3, -0.25) is 0 Å². The van der Waals surface area contributed by atoms with Gasteiger partial charge in [0.1, 0.15) is 0 Å². The zero-order valence-corrected chi connectivity index (χ0v) is 73.0. The second kappa shape index (κ2) is 43.8. The fourth-order valence-corrected chi connectivity index (χ4v) is 28.0. The maximum absolute atomic E-state index is 8.31. The van der Waals surface area contributed by atoms with E-state index in [2.05, 4.69) is 76.2 Å². The van der Waals surface area contributed by atoms with Crippen LogP contribution < -0.4 is 0 Å². The molecule has 29 rings (SSSR count). The van der Waals surface area contributed by atoms with E-state index in [-0.39, 0.29) is 64.8 Å². The van der Waals surface area contributed by atoms with Crippen LogP contribution in [0.3, 0.4) is 0 Å². The molecule has 0 nitrogen and oxygen atoms in total. The summed E-state index contributed by atoms with van der Waals surface area (Å²) in [5.74, 6) is 18.5. The van der Waals surface area contributed by atoms with E-state index >= 15 is 0 Å². The number of hydrogen-bond acceptors (Lipinski definition) is 0. The predicted molar refractivity (Wildman–Crippen MR) is 464 cm³/mol. The SMILES string of the molecule is [2H]C1(C)C2CC1C2.[2H]C1(C)CC2CC(C2)C1.[2H]C1(C)CC2CCCC(CC2)C1.[2H]C1(C)CC2CCCC(CCC2)C1.[2H][C@@]1(C)CC2CC1C2.[2H][C@@]1(C)CC2CCC1C2.[2H][C@@]1(C)CC2CCC1CC2.[2H][C@@]1(C)CC2CCCC1C2.[2H][C@@]1(C)CCC2CCC(CC2)C1.[2H][C@@]1(C)CCC2CCCC(CC2)C1.[2H][C@@]1(C)CCC2CCCC(CCC2)C1. The zero-order chi connectivity index (χ0) is 84.0. The molecule has 0 aliphatic heterocycles. The first-order chi connectivity index (χ1) is 54.9. The van der Waals surface area contributed by atoms with E-state index in [0.29, 0.717) is 0 Å². The topological polar surface area (TPSA) is 0 Å². The van der Waals surface area contributed by atoms with Gasteiger partial charge in [0.2, 0.25) is 0 Å². The van der Waals surface area contributed by atoms with Crippen molar-refractivity contribution in [3.05, 3.63) is 0 Å². The van der Waals surface area contributed by atoms with E-state index in [1.54, 1.807) is 0 Å². The highest BCUT2D eigenvalue weighted by Crippen LogP contribution is 2.58. The lowest BCUT2D eigenvalue weighted by atomic mass is 9.49. The van der Waals surface area contributed by atoms with Gasteiger partial charge in [-0.05, 0) is 349 Å². The largest absolute Gasteiger partial charge is 0.0625 e. The quantitative estimate of drug-likeness (QED) is 0.227. The van der Waals surface area contributed by atoms with Crippen molar-refractivity contribution >= 4 is 0 Å². The van der Waals surface area contributed by atoms with Gasteiger partial charge in [-0.15, -0.1) is 0 Å². The minimum atomic E-state index is -0.113. The van der Waals surface area contributed by atoms with Crippen LogP contribution in [0.15, 0.2) is 0 Å². The smallest absolute Gasteiger partial charge is 0.0306 e. The molecule has 29 aliphatic carbocycles. The Morgan fingerprint density at radius 2 is 0.340 bits per heavy atom. The van der Waals surface area contributed by atoms with Crippen LogP contribution in [-0.4, -0.2) is 0 Å². The molecule has 29 aliphatic rings. The Balaban J connectivity index is 0.000000119. The Kier molecular flexibility index (Phi) is 29.5. The number of rotatable bonds is 0. The summed E-state index contributed by atoms with van der Waals surface area (Å²) in [7, 11) is 0. The van der Waals surface area contributed by atoms with Crippen molar-refractivity contribution in [3.8, 4) is 0 Å². The first-order valence-electron chi connectivity index (χ1n) is 54.9. The van der Waals surface area contributed by atoms with Crippen molar-refractivity contribution in [1.29, 1.82) is 0 Å². The maximum atomic E-state index is 8.31. The van der Waals surface area contributed by atoms with Crippen molar-refractivity contribution in [2.24, 2.45) is 195 Å². The molecule has 0 heteroatoms.